The van der Waals surface area contributed by atoms with Gasteiger partial charge in [0.1, 0.15) is 0 Å². The zero-order valence-electron chi connectivity index (χ0n) is 17.4. The summed E-state index contributed by atoms with van der Waals surface area (Å²) in [5, 5.41) is 2.93. The van der Waals surface area contributed by atoms with E-state index in [4.69, 9.17) is 0 Å². The molecule has 2 aromatic carbocycles. The van der Waals surface area contributed by atoms with Crippen molar-refractivity contribution >= 4 is 11.8 Å². The van der Waals surface area contributed by atoms with Gasteiger partial charge in [-0.25, -0.2) is 0 Å². The van der Waals surface area contributed by atoms with Crippen LogP contribution in [0.3, 0.4) is 0 Å². The van der Waals surface area contributed by atoms with Gasteiger partial charge >= 0.3 is 0 Å². The highest BCUT2D eigenvalue weighted by Crippen LogP contribution is 2.22. The molecule has 1 aliphatic heterocycles. The van der Waals surface area contributed by atoms with Crippen LogP contribution in [0.1, 0.15) is 18.9 Å². The molecule has 154 valence electrons. The van der Waals surface area contributed by atoms with Crippen molar-refractivity contribution in [3.8, 4) is 11.1 Å². The summed E-state index contributed by atoms with van der Waals surface area (Å²) in [6, 6.07) is 18.7. The Morgan fingerprint density at radius 2 is 1.72 bits per heavy atom. The summed E-state index contributed by atoms with van der Waals surface area (Å²) < 4.78 is 0. The third-order valence-corrected chi connectivity index (χ3v) is 5.46. The average Bonchev–Trinajstić information content (AvgIpc) is 2.90. The van der Waals surface area contributed by atoms with Gasteiger partial charge in [0.05, 0.1) is 12.5 Å². The van der Waals surface area contributed by atoms with Gasteiger partial charge in [-0.3, -0.25) is 9.59 Å². The Bertz CT molecular complexity index is 805. The van der Waals surface area contributed by atoms with E-state index in [0.29, 0.717) is 32.6 Å². The van der Waals surface area contributed by atoms with Gasteiger partial charge < -0.3 is 15.1 Å². The summed E-state index contributed by atoms with van der Waals surface area (Å²) in [5.74, 6) is 0.0225. The molecule has 1 atom stereocenters. The third kappa shape index (κ3) is 5.45. The topological polar surface area (TPSA) is 52.6 Å². The highest BCUT2D eigenvalue weighted by Gasteiger charge is 2.31. The van der Waals surface area contributed by atoms with Crippen molar-refractivity contribution in [2.24, 2.45) is 5.92 Å². The highest BCUT2D eigenvalue weighted by molar-refractivity contribution is 5.83. The van der Waals surface area contributed by atoms with Gasteiger partial charge in [-0.05, 0) is 36.6 Å². The molecule has 3 rings (SSSR count). The van der Waals surface area contributed by atoms with Gasteiger partial charge in [0, 0.05) is 26.2 Å². The molecule has 0 aromatic heterocycles. The van der Waals surface area contributed by atoms with Gasteiger partial charge in [0.2, 0.25) is 11.8 Å². The first-order chi connectivity index (χ1) is 14.1. The summed E-state index contributed by atoms with van der Waals surface area (Å²) in [4.78, 5) is 29.3. The molecule has 0 spiro atoms. The van der Waals surface area contributed by atoms with Crippen LogP contribution in [0.2, 0.25) is 0 Å². The molecule has 2 amide bonds. The van der Waals surface area contributed by atoms with Crippen LogP contribution >= 0.6 is 0 Å². The number of rotatable bonds is 7. The average molecular weight is 394 g/mol. The van der Waals surface area contributed by atoms with Gasteiger partial charge in [-0.2, -0.15) is 0 Å². The van der Waals surface area contributed by atoms with E-state index in [0.717, 1.165) is 18.5 Å². The number of carbonyl (C=O) groups is 2. The number of hydrogen-bond donors (Lipinski definition) is 1. The summed E-state index contributed by atoms with van der Waals surface area (Å²) in [7, 11) is 1.77. The van der Waals surface area contributed by atoms with Gasteiger partial charge in [0.25, 0.3) is 0 Å². The molecule has 1 saturated heterocycles. The Balaban J connectivity index is 1.76. The normalized spacial score (nSPS) is 17.3. The number of nitrogens with one attached hydrogen (secondary N) is 1. The number of carbonyl (C=O) groups excluding carboxylic acids is 2. The fraction of sp³-hybridized carbons (Fsp3) is 0.417. The summed E-state index contributed by atoms with van der Waals surface area (Å²) >= 11 is 0. The maximum atomic E-state index is 13.1. The Morgan fingerprint density at radius 3 is 2.38 bits per heavy atom. The highest BCUT2D eigenvalue weighted by atomic mass is 16.2. The molecular weight excluding hydrogens is 362 g/mol. The number of benzene rings is 2. The Hall–Kier alpha value is -2.66. The molecule has 0 saturated carbocycles. The fourth-order valence-electron chi connectivity index (χ4n) is 3.93. The number of nitrogens with zero attached hydrogens (tertiary/aromatic N) is 2. The van der Waals surface area contributed by atoms with Crippen molar-refractivity contribution in [2.45, 2.75) is 19.8 Å². The van der Waals surface area contributed by atoms with Crippen LogP contribution < -0.4 is 5.32 Å². The molecule has 0 unspecified atom stereocenters. The number of amides is 2. The summed E-state index contributed by atoms with van der Waals surface area (Å²) in [6.45, 7) is 4.84. The first-order valence-electron chi connectivity index (χ1n) is 10.5. The van der Waals surface area contributed by atoms with Crippen LogP contribution in [-0.2, 0) is 16.0 Å². The predicted molar refractivity (Wildman–Crippen MR) is 116 cm³/mol. The lowest BCUT2D eigenvalue weighted by molar-refractivity contribution is -0.134. The van der Waals surface area contributed by atoms with E-state index in [2.05, 4.69) is 48.6 Å². The van der Waals surface area contributed by atoms with E-state index in [1.807, 2.05) is 28.0 Å². The summed E-state index contributed by atoms with van der Waals surface area (Å²) in [6.07, 6.45) is 1.58. The molecule has 0 bridgehead atoms. The van der Waals surface area contributed by atoms with E-state index in [1.54, 1.807) is 7.05 Å². The van der Waals surface area contributed by atoms with Gasteiger partial charge in [0.15, 0.2) is 0 Å². The van der Waals surface area contributed by atoms with E-state index >= 15 is 0 Å². The van der Waals surface area contributed by atoms with E-state index in [1.165, 1.54) is 11.1 Å². The molecule has 5 heteroatoms. The zero-order valence-corrected chi connectivity index (χ0v) is 17.4. The van der Waals surface area contributed by atoms with Crippen molar-refractivity contribution in [3.05, 3.63) is 60.2 Å². The van der Waals surface area contributed by atoms with Crippen LogP contribution in [0, 0.1) is 5.92 Å². The van der Waals surface area contributed by atoms with Crippen LogP contribution in [0.15, 0.2) is 54.6 Å². The predicted octanol–water partition coefficient (Wildman–Crippen LogP) is 2.81. The van der Waals surface area contributed by atoms with E-state index in [-0.39, 0.29) is 17.7 Å². The number of likely N-dealkylation sites (N-methyl/N-ethyl adjacent to an activating group) is 1. The smallest absolute Gasteiger partial charge is 0.236 e. The second-order valence-corrected chi connectivity index (χ2v) is 7.66. The molecule has 0 aliphatic carbocycles. The monoisotopic (exact) mass is 393 g/mol. The maximum Gasteiger partial charge on any atom is 0.236 e. The molecule has 1 N–H and O–H groups in total. The lowest BCUT2D eigenvalue weighted by Crippen LogP contribution is -2.41. The Kier molecular flexibility index (Phi) is 7.42. The Morgan fingerprint density at radius 1 is 1.03 bits per heavy atom. The quantitative estimate of drug-likeness (QED) is 0.787. The van der Waals surface area contributed by atoms with Crippen molar-refractivity contribution in [2.75, 3.05) is 39.8 Å². The van der Waals surface area contributed by atoms with Crippen molar-refractivity contribution in [3.63, 3.8) is 0 Å². The molecule has 2 aromatic rings. The van der Waals surface area contributed by atoms with Crippen molar-refractivity contribution in [1.29, 1.82) is 0 Å². The molecule has 0 radical (unpaired) electrons. The Labute approximate surface area is 173 Å². The van der Waals surface area contributed by atoms with Crippen molar-refractivity contribution in [1.82, 2.24) is 15.1 Å². The standard InChI is InChI=1S/C24H31N3O2/c1-3-13-26-14-15-27(23(28)17-25-2)18-22(24(26)29)16-19-9-11-21(12-10-19)20-7-5-4-6-8-20/h4-12,22,25H,3,13-18H2,1-2H3/t22-/m0/s1. The van der Waals surface area contributed by atoms with Gasteiger partial charge in [-0.1, -0.05) is 61.5 Å². The largest absolute Gasteiger partial charge is 0.341 e. The minimum Gasteiger partial charge on any atom is -0.341 e. The molecule has 29 heavy (non-hydrogen) atoms. The summed E-state index contributed by atoms with van der Waals surface area (Å²) in [5.41, 5.74) is 3.48. The molecule has 1 heterocycles. The third-order valence-electron chi connectivity index (χ3n) is 5.46. The lowest BCUT2D eigenvalue weighted by Gasteiger charge is -2.24. The number of hydrogen-bond acceptors (Lipinski definition) is 3. The van der Waals surface area contributed by atoms with Gasteiger partial charge in [-0.15, -0.1) is 0 Å². The molecule has 1 fully saturated rings. The first-order valence-corrected chi connectivity index (χ1v) is 10.5. The second kappa shape index (κ2) is 10.2. The first kappa shape index (κ1) is 21.1. The minimum atomic E-state index is -0.201. The van der Waals surface area contributed by atoms with E-state index in [9.17, 15) is 9.59 Å². The minimum absolute atomic E-state index is 0.0584. The maximum absolute atomic E-state index is 13.1. The SMILES string of the molecule is CCCN1CCN(C(=O)CNC)C[C@H](Cc2ccc(-c3ccccc3)cc2)C1=O. The van der Waals surface area contributed by atoms with E-state index < -0.39 is 0 Å². The zero-order chi connectivity index (χ0) is 20.6. The van der Waals surface area contributed by atoms with Crippen LogP contribution in [0.25, 0.3) is 11.1 Å². The van der Waals surface area contributed by atoms with Crippen LogP contribution in [0.5, 0.6) is 0 Å². The van der Waals surface area contributed by atoms with Crippen molar-refractivity contribution < 1.29 is 9.59 Å². The lowest BCUT2D eigenvalue weighted by atomic mass is 9.95. The fourth-order valence-corrected chi connectivity index (χ4v) is 3.93. The molecule has 1 aliphatic rings. The van der Waals surface area contributed by atoms with Crippen LogP contribution in [0.4, 0.5) is 0 Å². The molecule has 5 nitrogen and oxygen atoms in total. The molecular formula is C24H31N3O2. The van der Waals surface area contributed by atoms with Crippen LogP contribution in [-0.4, -0.2) is 61.4 Å². The second-order valence-electron chi connectivity index (χ2n) is 7.66.